The molecule has 0 aliphatic rings. The fourth-order valence-electron chi connectivity index (χ4n) is 1.69. The van der Waals surface area contributed by atoms with Gasteiger partial charge < -0.3 is 16.0 Å². The van der Waals surface area contributed by atoms with Crippen LogP contribution in [0, 0.1) is 6.92 Å². The van der Waals surface area contributed by atoms with Crippen LogP contribution in [0.25, 0.3) is 0 Å². The lowest BCUT2D eigenvalue weighted by molar-refractivity contribution is 0.1000. The number of rotatable bonds is 5. The number of primary amides is 1. The Labute approximate surface area is 121 Å². The Bertz CT molecular complexity index is 782. The smallest absolute Gasteiger partial charge is 0.248 e. The predicted molar refractivity (Wildman–Crippen MR) is 74.6 cm³/mol. The molecule has 5 N–H and O–H groups in total. The molecule has 0 atom stereocenters. The number of hydrogen-bond acceptors (Lipinski definition) is 6. The Morgan fingerprint density at radius 1 is 1.38 bits per heavy atom. The molecule has 0 spiro atoms. The first-order valence-corrected chi connectivity index (χ1v) is 7.39. The zero-order valence-electron chi connectivity index (χ0n) is 11.2. The Morgan fingerprint density at radius 3 is 2.62 bits per heavy atom. The van der Waals surface area contributed by atoms with E-state index in [1.807, 2.05) is 0 Å². The maximum atomic E-state index is 12.1. The molecule has 21 heavy (non-hydrogen) atoms. The van der Waals surface area contributed by atoms with E-state index < -0.39 is 15.9 Å². The van der Waals surface area contributed by atoms with Crippen molar-refractivity contribution in [1.29, 1.82) is 0 Å². The van der Waals surface area contributed by atoms with Gasteiger partial charge in [-0.3, -0.25) is 4.79 Å². The minimum Gasteiger partial charge on any atom is -0.398 e. The van der Waals surface area contributed by atoms with E-state index in [1.165, 1.54) is 18.2 Å². The van der Waals surface area contributed by atoms with Gasteiger partial charge >= 0.3 is 0 Å². The average molecular weight is 310 g/mol. The number of benzene rings is 1. The molecular formula is C12H14N4O4S. The molecule has 0 saturated heterocycles. The molecule has 0 radical (unpaired) electrons. The zero-order chi connectivity index (χ0) is 15.6. The Morgan fingerprint density at radius 2 is 2.10 bits per heavy atom. The summed E-state index contributed by atoms with van der Waals surface area (Å²) in [5.74, 6) is -0.105. The van der Waals surface area contributed by atoms with E-state index in [-0.39, 0.29) is 22.7 Å². The van der Waals surface area contributed by atoms with E-state index in [1.54, 1.807) is 13.0 Å². The lowest BCUT2D eigenvalue weighted by atomic mass is 10.2. The van der Waals surface area contributed by atoms with Crippen LogP contribution in [0.3, 0.4) is 0 Å². The van der Waals surface area contributed by atoms with Crippen LogP contribution in [0.4, 0.5) is 5.69 Å². The van der Waals surface area contributed by atoms with Crippen molar-refractivity contribution in [3.63, 3.8) is 0 Å². The number of nitrogens with two attached hydrogens (primary N) is 2. The summed E-state index contributed by atoms with van der Waals surface area (Å²) in [4.78, 5) is 10.9. The van der Waals surface area contributed by atoms with E-state index >= 15 is 0 Å². The van der Waals surface area contributed by atoms with Gasteiger partial charge in [-0.2, -0.15) is 0 Å². The molecule has 8 nitrogen and oxygen atoms in total. The summed E-state index contributed by atoms with van der Waals surface area (Å²) in [6, 6.07) is 5.36. The van der Waals surface area contributed by atoms with Crippen molar-refractivity contribution in [2.45, 2.75) is 18.4 Å². The standard InChI is InChI=1S/C12H14N4O4S/c1-7-4-9(16-20-7)6-15-21(18,19)11-3-2-8(12(14)17)5-10(11)13/h2-5,15H,6,13H2,1H3,(H2,14,17). The zero-order valence-corrected chi connectivity index (χ0v) is 12.0. The van der Waals surface area contributed by atoms with Gasteiger partial charge in [0.1, 0.15) is 10.7 Å². The molecule has 0 saturated carbocycles. The molecule has 2 aromatic rings. The molecule has 0 unspecified atom stereocenters. The highest BCUT2D eigenvalue weighted by Crippen LogP contribution is 2.19. The number of sulfonamides is 1. The van der Waals surface area contributed by atoms with E-state index in [0.717, 1.165) is 0 Å². The Hall–Kier alpha value is -2.39. The second kappa shape index (κ2) is 5.54. The van der Waals surface area contributed by atoms with Crippen LogP contribution >= 0.6 is 0 Å². The summed E-state index contributed by atoms with van der Waals surface area (Å²) >= 11 is 0. The van der Waals surface area contributed by atoms with Gasteiger partial charge in [-0.15, -0.1) is 0 Å². The van der Waals surface area contributed by atoms with Crippen molar-refractivity contribution in [3.8, 4) is 0 Å². The van der Waals surface area contributed by atoms with Crippen molar-refractivity contribution in [1.82, 2.24) is 9.88 Å². The number of aryl methyl sites for hydroxylation is 1. The maximum Gasteiger partial charge on any atom is 0.248 e. The third-order valence-electron chi connectivity index (χ3n) is 2.70. The molecule has 1 aromatic heterocycles. The third kappa shape index (κ3) is 3.38. The second-order valence-electron chi connectivity index (χ2n) is 4.37. The average Bonchev–Trinajstić information content (AvgIpc) is 2.82. The number of nitrogens with zero attached hydrogens (tertiary/aromatic N) is 1. The molecule has 0 bridgehead atoms. The summed E-state index contributed by atoms with van der Waals surface area (Å²) in [5.41, 5.74) is 11.3. The summed E-state index contributed by atoms with van der Waals surface area (Å²) in [6.45, 7) is 1.67. The highest BCUT2D eigenvalue weighted by atomic mass is 32.2. The molecule has 1 aromatic carbocycles. The quantitative estimate of drug-likeness (QED) is 0.671. The van der Waals surface area contributed by atoms with Crippen LogP contribution in [-0.2, 0) is 16.6 Å². The second-order valence-corrected chi connectivity index (χ2v) is 6.11. The van der Waals surface area contributed by atoms with Crippen molar-refractivity contribution in [2.24, 2.45) is 5.73 Å². The molecule has 0 fully saturated rings. The van der Waals surface area contributed by atoms with Crippen LogP contribution in [0.2, 0.25) is 0 Å². The number of aromatic nitrogens is 1. The van der Waals surface area contributed by atoms with E-state index in [9.17, 15) is 13.2 Å². The summed E-state index contributed by atoms with van der Waals surface area (Å²) < 4.78 is 31.5. The van der Waals surface area contributed by atoms with E-state index in [4.69, 9.17) is 16.0 Å². The third-order valence-corrected chi connectivity index (χ3v) is 4.18. The lowest BCUT2D eigenvalue weighted by Gasteiger charge is -2.08. The number of carbonyl (C=O) groups is 1. The normalized spacial score (nSPS) is 11.5. The summed E-state index contributed by atoms with van der Waals surface area (Å²) in [5, 5.41) is 3.68. The Kier molecular flexibility index (Phi) is 3.96. The number of hydrogen-bond donors (Lipinski definition) is 3. The minimum atomic E-state index is -3.83. The number of nitrogen functional groups attached to an aromatic ring is 1. The van der Waals surface area contributed by atoms with Crippen LogP contribution in [0.1, 0.15) is 21.8 Å². The molecular weight excluding hydrogens is 296 g/mol. The van der Waals surface area contributed by atoms with Gasteiger partial charge in [-0.25, -0.2) is 13.1 Å². The highest BCUT2D eigenvalue weighted by Gasteiger charge is 2.19. The minimum absolute atomic E-state index is 0.0311. The Balaban J connectivity index is 2.21. The SMILES string of the molecule is Cc1cc(CNS(=O)(=O)c2ccc(C(N)=O)cc2N)no1. The summed E-state index contributed by atoms with van der Waals surface area (Å²) in [7, 11) is -3.83. The van der Waals surface area contributed by atoms with Gasteiger partial charge in [0.2, 0.25) is 15.9 Å². The van der Waals surface area contributed by atoms with Crippen LogP contribution in [-0.4, -0.2) is 19.5 Å². The highest BCUT2D eigenvalue weighted by molar-refractivity contribution is 7.89. The predicted octanol–water partition coefficient (Wildman–Crippen LogP) is 0.143. The molecule has 1 amide bonds. The molecule has 2 rings (SSSR count). The molecule has 112 valence electrons. The monoisotopic (exact) mass is 310 g/mol. The van der Waals surface area contributed by atoms with E-state index in [2.05, 4.69) is 9.88 Å². The number of anilines is 1. The fraction of sp³-hybridized carbons (Fsp3) is 0.167. The van der Waals surface area contributed by atoms with Crippen molar-refractivity contribution >= 4 is 21.6 Å². The maximum absolute atomic E-state index is 12.1. The largest absolute Gasteiger partial charge is 0.398 e. The number of amides is 1. The molecule has 0 aliphatic heterocycles. The van der Waals surface area contributed by atoms with Crippen molar-refractivity contribution in [2.75, 3.05) is 5.73 Å². The van der Waals surface area contributed by atoms with Gasteiger partial charge in [0.05, 0.1) is 17.9 Å². The van der Waals surface area contributed by atoms with Gasteiger partial charge in [-0.1, -0.05) is 5.16 Å². The molecule has 0 aliphatic carbocycles. The lowest BCUT2D eigenvalue weighted by Crippen LogP contribution is -2.24. The van der Waals surface area contributed by atoms with Gasteiger partial charge in [-0.05, 0) is 25.1 Å². The van der Waals surface area contributed by atoms with Gasteiger partial charge in [0.15, 0.2) is 0 Å². The van der Waals surface area contributed by atoms with Crippen molar-refractivity contribution < 1.29 is 17.7 Å². The van der Waals surface area contributed by atoms with Gasteiger partial charge in [0, 0.05) is 11.6 Å². The first-order chi connectivity index (χ1) is 9.79. The van der Waals surface area contributed by atoms with Crippen molar-refractivity contribution in [3.05, 3.63) is 41.3 Å². The fourth-order valence-corrected chi connectivity index (χ4v) is 2.80. The molecule has 1 heterocycles. The van der Waals surface area contributed by atoms with Crippen LogP contribution < -0.4 is 16.2 Å². The van der Waals surface area contributed by atoms with Gasteiger partial charge in [0.25, 0.3) is 0 Å². The van der Waals surface area contributed by atoms with Crippen LogP contribution in [0.15, 0.2) is 33.7 Å². The van der Waals surface area contributed by atoms with Crippen LogP contribution in [0.5, 0.6) is 0 Å². The first kappa shape index (κ1) is 15.0. The van der Waals surface area contributed by atoms with E-state index in [0.29, 0.717) is 11.5 Å². The number of nitrogens with one attached hydrogen (secondary N) is 1. The summed E-state index contributed by atoms with van der Waals surface area (Å²) in [6.07, 6.45) is 0. The topological polar surface area (TPSA) is 141 Å². The molecule has 9 heteroatoms. The number of carbonyl (C=O) groups excluding carboxylic acids is 1. The first-order valence-electron chi connectivity index (χ1n) is 5.91.